The molecule has 6 rings (SSSR count). The van der Waals surface area contributed by atoms with Crippen LogP contribution >= 0.6 is 0 Å². The summed E-state index contributed by atoms with van der Waals surface area (Å²) in [5.74, 6) is -3.67. The van der Waals surface area contributed by atoms with Crippen LogP contribution in [0, 0.1) is 0 Å². The predicted molar refractivity (Wildman–Crippen MR) is 153 cm³/mol. The van der Waals surface area contributed by atoms with Gasteiger partial charge in [-0.05, 0) is 56.3 Å². The number of hydrogen-bond donors (Lipinski definition) is 1. The quantitative estimate of drug-likeness (QED) is 0.360. The first-order valence-electron chi connectivity index (χ1n) is 13.7. The molecule has 2 aliphatic rings. The molecule has 42 heavy (non-hydrogen) atoms. The third-order valence-corrected chi connectivity index (χ3v) is 9.21. The maximum Gasteiger partial charge on any atom is 0.275 e. The molecular formula is C30H29F2N5O4S. The third-order valence-electron chi connectivity index (χ3n) is 7.46. The number of pyridine rings is 3. The van der Waals surface area contributed by atoms with Crippen LogP contribution in [-0.4, -0.2) is 60.3 Å². The first-order valence-corrected chi connectivity index (χ1v) is 15.3. The number of hydrogen-bond acceptors (Lipinski definition) is 8. The molecule has 0 aliphatic carbocycles. The van der Waals surface area contributed by atoms with E-state index in [0.717, 1.165) is 42.1 Å². The number of carbonyl (C=O) groups excluding carboxylic acids is 1. The highest BCUT2D eigenvalue weighted by atomic mass is 32.2. The minimum absolute atomic E-state index is 0.0220. The molecule has 218 valence electrons. The molecule has 2 aliphatic heterocycles. The van der Waals surface area contributed by atoms with Crippen molar-refractivity contribution in [1.29, 1.82) is 0 Å². The highest BCUT2D eigenvalue weighted by Gasteiger charge is 2.43. The molecule has 2 atom stereocenters. The van der Waals surface area contributed by atoms with E-state index in [1.54, 1.807) is 12.3 Å². The number of ether oxygens (including phenoxy) is 1. The average molecular weight is 594 g/mol. The molecule has 0 bridgehead atoms. The van der Waals surface area contributed by atoms with Crippen molar-refractivity contribution in [3.63, 3.8) is 0 Å². The summed E-state index contributed by atoms with van der Waals surface area (Å²) in [6.45, 7) is 5.62. The third kappa shape index (κ3) is 5.56. The predicted octanol–water partition coefficient (Wildman–Crippen LogP) is 4.50. The Morgan fingerprint density at radius 1 is 1.05 bits per heavy atom. The Morgan fingerprint density at radius 3 is 2.60 bits per heavy atom. The smallest absolute Gasteiger partial charge is 0.275 e. The standard InChI is InChI=1S/C30H29F2N5O4S/c1-18-16-37(17-19(2)41-18)28-5-3-4-24(36-28)25-9-7-21-14-33-22(13-26(21)35-25)15-34-29(38)20-6-8-23-27(12-20)42(39,40)11-10-30(23,31)32/h3-9,12-14,18-19H,10-11,15-17H2,1-2H3,(H,34,38)/t18-,19+. The maximum absolute atomic E-state index is 14.3. The highest BCUT2D eigenvalue weighted by Crippen LogP contribution is 2.41. The summed E-state index contributed by atoms with van der Waals surface area (Å²) in [4.78, 5) is 28.6. The Bertz CT molecular complexity index is 1790. The number of morpholine rings is 1. The monoisotopic (exact) mass is 593 g/mol. The summed E-state index contributed by atoms with van der Waals surface area (Å²) in [6, 6.07) is 14.6. The molecule has 1 N–H and O–H groups in total. The van der Waals surface area contributed by atoms with Crippen LogP contribution < -0.4 is 10.2 Å². The second-order valence-corrected chi connectivity index (χ2v) is 12.9. The van der Waals surface area contributed by atoms with E-state index in [1.165, 1.54) is 6.07 Å². The molecule has 1 fully saturated rings. The Kier molecular flexibility index (Phi) is 7.14. The summed E-state index contributed by atoms with van der Waals surface area (Å²) < 4.78 is 59.1. The maximum atomic E-state index is 14.3. The fraction of sp³-hybridized carbons (Fsp3) is 0.333. The number of rotatable bonds is 5. The Hall–Kier alpha value is -4.03. The van der Waals surface area contributed by atoms with Crippen LogP contribution in [0.15, 0.2) is 65.7 Å². The van der Waals surface area contributed by atoms with E-state index in [2.05, 4.69) is 15.2 Å². The molecule has 0 radical (unpaired) electrons. The number of nitrogens with one attached hydrogen (secondary N) is 1. The van der Waals surface area contributed by atoms with Gasteiger partial charge in [0.05, 0.1) is 52.0 Å². The van der Waals surface area contributed by atoms with Gasteiger partial charge in [0.2, 0.25) is 0 Å². The van der Waals surface area contributed by atoms with Crippen molar-refractivity contribution in [2.24, 2.45) is 0 Å². The Morgan fingerprint density at radius 2 is 1.81 bits per heavy atom. The second kappa shape index (κ2) is 10.7. The van der Waals surface area contributed by atoms with Gasteiger partial charge in [-0.25, -0.2) is 27.2 Å². The van der Waals surface area contributed by atoms with Gasteiger partial charge in [0.1, 0.15) is 5.82 Å². The zero-order chi connectivity index (χ0) is 29.6. The fourth-order valence-corrected chi connectivity index (χ4v) is 7.01. The van der Waals surface area contributed by atoms with E-state index in [4.69, 9.17) is 14.7 Å². The molecule has 1 saturated heterocycles. The normalized spacial score (nSPS) is 21.1. The van der Waals surface area contributed by atoms with Crippen LogP contribution in [0.25, 0.3) is 22.3 Å². The highest BCUT2D eigenvalue weighted by molar-refractivity contribution is 7.91. The van der Waals surface area contributed by atoms with E-state index >= 15 is 0 Å². The van der Waals surface area contributed by atoms with Gasteiger partial charge < -0.3 is 15.0 Å². The molecule has 1 amide bonds. The summed E-state index contributed by atoms with van der Waals surface area (Å²) in [6.07, 6.45) is 1.09. The number of anilines is 1. The Balaban J connectivity index is 1.20. The molecule has 9 nitrogen and oxygen atoms in total. The number of fused-ring (bicyclic) bond motifs is 2. The van der Waals surface area contributed by atoms with Crippen molar-refractivity contribution in [3.8, 4) is 11.4 Å². The zero-order valence-corrected chi connectivity index (χ0v) is 23.9. The van der Waals surface area contributed by atoms with Crippen LogP contribution in [-0.2, 0) is 27.0 Å². The number of nitrogens with zero attached hydrogens (tertiary/aromatic N) is 4. The van der Waals surface area contributed by atoms with Gasteiger partial charge in [-0.1, -0.05) is 12.1 Å². The lowest BCUT2D eigenvalue weighted by molar-refractivity contribution is -0.0127. The number of halogens is 2. The van der Waals surface area contributed by atoms with E-state index in [0.29, 0.717) is 16.9 Å². The summed E-state index contributed by atoms with van der Waals surface area (Å²) >= 11 is 0. The molecule has 0 unspecified atom stereocenters. The van der Waals surface area contributed by atoms with Gasteiger partial charge in [-0.15, -0.1) is 0 Å². The van der Waals surface area contributed by atoms with E-state index < -0.39 is 44.3 Å². The Labute approximate surface area is 241 Å². The number of benzene rings is 1. The molecular weight excluding hydrogens is 564 g/mol. The van der Waals surface area contributed by atoms with Crippen LogP contribution in [0.1, 0.15) is 41.9 Å². The van der Waals surface area contributed by atoms with Gasteiger partial charge in [0.15, 0.2) is 9.84 Å². The van der Waals surface area contributed by atoms with Gasteiger partial charge in [0.25, 0.3) is 11.8 Å². The number of amides is 1. The van der Waals surface area contributed by atoms with Crippen molar-refractivity contribution in [2.45, 2.75) is 49.8 Å². The number of carbonyl (C=O) groups is 1. The second-order valence-electron chi connectivity index (χ2n) is 10.8. The topological polar surface area (TPSA) is 114 Å². The fourth-order valence-electron chi connectivity index (χ4n) is 5.41. The van der Waals surface area contributed by atoms with Crippen molar-refractivity contribution in [2.75, 3.05) is 23.7 Å². The number of aromatic nitrogens is 3. The lowest BCUT2D eigenvalue weighted by atomic mass is 10.0. The van der Waals surface area contributed by atoms with Crippen molar-refractivity contribution >= 4 is 32.5 Å². The van der Waals surface area contributed by atoms with Crippen LogP contribution in [0.2, 0.25) is 0 Å². The molecule has 0 saturated carbocycles. The van der Waals surface area contributed by atoms with Crippen molar-refractivity contribution in [3.05, 3.63) is 77.6 Å². The van der Waals surface area contributed by atoms with Gasteiger partial charge in [-0.2, -0.15) is 0 Å². The largest absolute Gasteiger partial charge is 0.372 e. The lowest BCUT2D eigenvalue weighted by Crippen LogP contribution is -2.45. The number of alkyl halides is 2. The van der Waals surface area contributed by atoms with Crippen molar-refractivity contribution in [1.82, 2.24) is 20.3 Å². The minimum atomic E-state index is -3.90. The van der Waals surface area contributed by atoms with Gasteiger partial charge in [-0.3, -0.25) is 9.78 Å². The molecule has 12 heteroatoms. The van der Waals surface area contributed by atoms with E-state index in [1.807, 2.05) is 44.2 Å². The van der Waals surface area contributed by atoms with Crippen molar-refractivity contribution < 1.29 is 26.7 Å². The average Bonchev–Trinajstić information content (AvgIpc) is 2.97. The van der Waals surface area contributed by atoms with Crippen LogP contribution in [0.3, 0.4) is 0 Å². The lowest BCUT2D eigenvalue weighted by Gasteiger charge is -2.36. The molecule has 3 aromatic heterocycles. The van der Waals surface area contributed by atoms with Gasteiger partial charge >= 0.3 is 0 Å². The SMILES string of the molecule is C[C@@H]1CN(c2cccc(-c3ccc4cnc(CNC(=O)c5ccc6c(c5)S(=O)(=O)CCC6(F)F)cc4n3)n2)C[C@H](C)O1. The zero-order valence-electron chi connectivity index (χ0n) is 23.0. The molecule has 0 spiro atoms. The molecule has 4 aromatic rings. The van der Waals surface area contributed by atoms with E-state index in [9.17, 15) is 22.0 Å². The van der Waals surface area contributed by atoms with Crippen LogP contribution in [0.4, 0.5) is 14.6 Å². The van der Waals surface area contributed by atoms with Gasteiger partial charge in [0, 0.05) is 42.2 Å². The summed E-state index contributed by atoms with van der Waals surface area (Å²) in [7, 11) is -3.90. The first kappa shape index (κ1) is 28.1. The molecule has 5 heterocycles. The number of sulfone groups is 1. The first-order chi connectivity index (χ1) is 20.0. The van der Waals surface area contributed by atoms with Crippen LogP contribution in [0.5, 0.6) is 0 Å². The van der Waals surface area contributed by atoms with E-state index in [-0.39, 0.29) is 24.3 Å². The molecule has 1 aromatic carbocycles. The summed E-state index contributed by atoms with van der Waals surface area (Å²) in [5, 5.41) is 3.50. The minimum Gasteiger partial charge on any atom is -0.372 e. The summed E-state index contributed by atoms with van der Waals surface area (Å²) in [5.41, 5.74) is 2.00.